The van der Waals surface area contributed by atoms with Gasteiger partial charge in [-0.2, -0.15) is 0 Å². The van der Waals surface area contributed by atoms with Crippen LogP contribution >= 0.6 is 7.44 Å². The van der Waals surface area contributed by atoms with E-state index in [1.54, 1.807) is 0 Å². The van der Waals surface area contributed by atoms with E-state index in [2.05, 4.69) is 117 Å². The predicted molar refractivity (Wildman–Crippen MR) is 224 cm³/mol. The summed E-state index contributed by atoms with van der Waals surface area (Å²) in [4.78, 5) is 0. The van der Waals surface area contributed by atoms with Crippen molar-refractivity contribution >= 4 is 79.2 Å². The lowest BCUT2D eigenvalue weighted by atomic mass is 10.0. The van der Waals surface area contributed by atoms with Crippen molar-refractivity contribution in [2.24, 2.45) is 0 Å². The van der Waals surface area contributed by atoms with Crippen LogP contribution in [0.4, 0.5) is 22.7 Å². The van der Waals surface area contributed by atoms with E-state index in [0.717, 1.165) is 72.3 Å². The molecule has 3 heterocycles. The van der Waals surface area contributed by atoms with Crippen molar-refractivity contribution in [1.82, 2.24) is 4.57 Å². The van der Waals surface area contributed by atoms with Crippen molar-refractivity contribution in [2.45, 2.75) is 0 Å². The molecule has 1 unspecified atom stereocenters. The summed E-state index contributed by atoms with van der Waals surface area (Å²) in [5, 5.41) is 5.05. The first-order valence-electron chi connectivity index (χ1n) is 18.1. The average molecular weight is 714 g/mol. The summed E-state index contributed by atoms with van der Waals surface area (Å²) < 4.78 is 29.4. The van der Waals surface area contributed by atoms with Gasteiger partial charge in [0.15, 0.2) is 0 Å². The Kier molecular flexibility index (Phi) is 6.76. The number of furan rings is 1. The minimum Gasteiger partial charge on any atom is -0.456 e. The first-order valence-corrected chi connectivity index (χ1v) is 19.7. The molecule has 0 N–H and O–H groups in total. The molecule has 1 atom stereocenters. The standard InChI is InChI=1S/C48H32N3O2P/c52-54(37-19-8-3-9-20-37)50(36-17-6-2-7-18-36)45-32-34(28-30-43(45)51(54)44-24-14-26-47-48(44)39-22-11-13-25-46(39)53-47)33-27-29-42-40(31-33)38-21-10-12-23-41(38)49(42)35-15-4-1-5-16-35/h1-32H. The molecule has 0 radical (unpaired) electrons. The van der Waals surface area contributed by atoms with Gasteiger partial charge in [-0.15, -0.1) is 0 Å². The molecule has 54 heavy (non-hydrogen) atoms. The molecule has 0 saturated carbocycles. The van der Waals surface area contributed by atoms with Crippen molar-refractivity contribution in [3.8, 4) is 16.8 Å². The molecular weight excluding hydrogens is 682 g/mol. The minimum absolute atomic E-state index is 0.742. The van der Waals surface area contributed by atoms with Crippen molar-refractivity contribution in [3.05, 3.63) is 194 Å². The van der Waals surface area contributed by atoms with Crippen LogP contribution in [0.15, 0.2) is 199 Å². The minimum atomic E-state index is -3.62. The maximum Gasteiger partial charge on any atom is 0.301 e. The van der Waals surface area contributed by atoms with Gasteiger partial charge in [0.25, 0.3) is 0 Å². The van der Waals surface area contributed by atoms with Crippen molar-refractivity contribution in [3.63, 3.8) is 0 Å². The van der Waals surface area contributed by atoms with Gasteiger partial charge >= 0.3 is 7.44 Å². The number of fused-ring (bicyclic) bond motifs is 7. The molecule has 1 aliphatic rings. The Balaban J connectivity index is 1.17. The molecule has 256 valence electrons. The number of aromatic nitrogens is 1. The maximum atomic E-state index is 16.6. The van der Waals surface area contributed by atoms with Crippen LogP contribution < -0.4 is 14.6 Å². The van der Waals surface area contributed by atoms with Crippen LogP contribution in [0.2, 0.25) is 0 Å². The van der Waals surface area contributed by atoms with Crippen molar-refractivity contribution < 1.29 is 8.98 Å². The number of benzene rings is 8. The molecule has 8 aromatic carbocycles. The van der Waals surface area contributed by atoms with Gasteiger partial charge in [-0.1, -0.05) is 109 Å². The summed E-state index contributed by atoms with van der Waals surface area (Å²) in [5.41, 5.74) is 10.6. The Bertz CT molecular complexity index is 3100. The topological polar surface area (TPSA) is 41.6 Å². The fraction of sp³-hybridized carbons (Fsp3) is 0. The van der Waals surface area contributed by atoms with Crippen LogP contribution in [0, 0.1) is 0 Å². The highest BCUT2D eigenvalue weighted by molar-refractivity contribution is 7.76. The van der Waals surface area contributed by atoms with E-state index in [1.165, 1.54) is 16.3 Å². The van der Waals surface area contributed by atoms with E-state index < -0.39 is 7.44 Å². The smallest absolute Gasteiger partial charge is 0.301 e. The largest absolute Gasteiger partial charge is 0.456 e. The zero-order chi connectivity index (χ0) is 35.8. The molecule has 5 nitrogen and oxygen atoms in total. The monoisotopic (exact) mass is 713 g/mol. The summed E-state index contributed by atoms with van der Waals surface area (Å²) in [5.74, 6) is 0. The van der Waals surface area contributed by atoms with Crippen molar-refractivity contribution in [2.75, 3.05) is 9.34 Å². The van der Waals surface area contributed by atoms with Gasteiger partial charge in [0, 0.05) is 27.5 Å². The SMILES string of the molecule is O=P1(c2ccccc2)N(c2ccccc2)c2cc(-c3ccc4c(c3)c3ccccc3n4-c3ccccc3)ccc2N1c1cccc2oc3ccccc3c12. The number of hydrogen-bond acceptors (Lipinski definition) is 2. The highest BCUT2D eigenvalue weighted by atomic mass is 31.2. The van der Waals surface area contributed by atoms with Crippen LogP contribution in [-0.4, -0.2) is 4.57 Å². The fourth-order valence-corrected chi connectivity index (χ4v) is 11.4. The Morgan fingerprint density at radius 3 is 1.81 bits per heavy atom. The second-order valence-electron chi connectivity index (χ2n) is 13.7. The van der Waals surface area contributed by atoms with Gasteiger partial charge in [-0.05, 0) is 96.1 Å². The first kappa shape index (κ1) is 30.8. The third-order valence-corrected chi connectivity index (χ3v) is 13.6. The van der Waals surface area contributed by atoms with Crippen LogP contribution in [0.25, 0.3) is 60.6 Å². The Morgan fingerprint density at radius 2 is 1.02 bits per heavy atom. The summed E-state index contributed by atoms with van der Waals surface area (Å²) in [7, 11) is -3.62. The lowest BCUT2D eigenvalue weighted by Crippen LogP contribution is -2.26. The number of hydrogen-bond donors (Lipinski definition) is 0. The molecule has 2 aromatic heterocycles. The van der Waals surface area contributed by atoms with E-state index in [0.29, 0.717) is 0 Å². The summed E-state index contributed by atoms with van der Waals surface area (Å²) >= 11 is 0. The molecule has 1 aliphatic heterocycles. The van der Waals surface area contributed by atoms with E-state index >= 15 is 4.57 Å². The maximum absolute atomic E-state index is 16.6. The lowest BCUT2D eigenvalue weighted by Gasteiger charge is -2.33. The van der Waals surface area contributed by atoms with Crippen LogP contribution in [-0.2, 0) is 4.57 Å². The molecule has 0 fully saturated rings. The predicted octanol–water partition coefficient (Wildman–Crippen LogP) is 13.2. The Morgan fingerprint density at radius 1 is 0.407 bits per heavy atom. The average Bonchev–Trinajstić information content (AvgIpc) is 3.87. The number of rotatable bonds is 5. The lowest BCUT2D eigenvalue weighted by molar-refractivity contribution is 0.582. The quantitative estimate of drug-likeness (QED) is 0.167. The molecule has 0 bridgehead atoms. The summed E-state index contributed by atoms with van der Waals surface area (Å²) in [6.07, 6.45) is 0. The van der Waals surface area contributed by atoms with E-state index in [4.69, 9.17) is 4.42 Å². The third kappa shape index (κ3) is 4.43. The van der Waals surface area contributed by atoms with Crippen molar-refractivity contribution in [1.29, 1.82) is 0 Å². The molecule has 6 heteroatoms. The van der Waals surface area contributed by atoms with E-state index in [1.807, 2.05) is 91.0 Å². The molecular formula is C48H32N3O2P. The van der Waals surface area contributed by atoms with Crippen LogP contribution in [0.5, 0.6) is 0 Å². The molecule has 0 spiro atoms. The second-order valence-corrected chi connectivity index (χ2v) is 16.1. The number of nitrogens with zero attached hydrogens (tertiary/aromatic N) is 3. The first-order chi connectivity index (χ1) is 26.7. The number of anilines is 4. The van der Waals surface area contributed by atoms with Crippen LogP contribution in [0.3, 0.4) is 0 Å². The number of para-hydroxylation sites is 4. The van der Waals surface area contributed by atoms with Gasteiger partial charge in [0.2, 0.25) is 0 Å². The molecule has 10 aromatic rings. The zero-order valence-electron chi connectivity index (χ0n) is 29.1. The van der Waals surface area contributed by atoms with E-state index in [-0.39, 0.29) is 0 Å². The third-order valence-electron chi connectivity index (χ3n) is 10.7. The zero-order valence-corrected chi connectivity index (χ0v) is 30.0. The highest BCUT2D eigenvalue weighted by Gasteiger charge is 2.49. The highest BCUT2D eigenvalue weighted by Crippen LogP contribution is 2.71. The van der Waals surface area contributed by atoms with Gasteiger partial charge in [-0.25, -0.2) is 0 Å². The fourth-order valence-electron chi connectivity index (χ4n) is 8.37. The normalized spacial score (nSPS) is 15.5. The second kappa shape index (κ2) is 11.9. The van der Waals surface area contributed by atoms with Gasteiger partial charge < -0.3 is 8.98 Å². The summed E-state index contributed by atoms with van der Waals surface area (Å²) in [6.45, 7) is 0. The van der Waals surface area contributed by atoms with Gasteiger partial charge in [-0.3, -0.25) is 13.9 Å². The van der Waals surface area contributed by atoms with Crippen LogP contribution in [0.1, 0.15) is 0 Å². The van der Waals surface area contributed by atoms with E-state index in [9.17, 15) is 0 Å². The molecule has 0 saturated heterocycles. The van der Waals surface area contributed by atoms with Gasteiger partial charge in [0.05, 0.1) is 38.8 Å². The summed E-state index contributed by atoms with van der Waals surface area (Å²) in [6, 6.07) is 66.5. The molecule has 11 rings (SSSR count). The molecule has 0 amide bonds. The Labute approximate surface area is 312 Å². The van der Waals surface area contributed by atoms with Gasteiger partial charge in [0.1, 0.15) is 11.2 Å². The Hall–Kier alpha value is -6.81. The molecule has 0 aliphatic carbocycles.